The number of rotatable bonds is 6. The fourth-order valence-corrected chi connectivity index (χ4v) is 2.95. The van der Waals surface area contributed by atoms with Crippen LogP contribution in [0.1, 0.15) is 38.7 Å². The van der Waals surface area contributed by atoms with Crippen LogP contribution in [-0.4, -0.2) is 24.5 Å². The molecule has 1 N–H and O–H groups in total. The second-order valence-corrected chi connectivity index (χ2v) is 6.20. The van der Waals surface area contributed by atoms with Gasteiger partial charge in [0.05, 0.1) is 0 Å². The Morgan fingerprint density at radius 2 is 1.91 bits per heavy atom. The van der Waals surface area contributed by atoms with Crippen LogP contribution in [0.3, 0.4) is 0 Å². The largest absolute Gasteiger partial charge is 0.385 e. The van der Waals surface area contributed by atoms with Crippen molar-refractivity contribution < 1.29 is 0 Å². The highest BCUT2D eigenvalue weighted by Crippen LogP contribution is 2.22. The van der Waals surface area contributed by atoms with E-state index in [0.29, 0.717) is 0 Å². The predicted molar refractivity (Wildman–Crippen MR) is 97.2 cm³/mol. The van der Waals surface area contributed by atoms with Gasteiger partial charge in [0.2, 0.25) is 0 Å². The van der Waals surface area contributed by atoms with Gasteiger partial charge in [0.15, 0.2) is 0 Å². The number of allylic oxidation sites excluding steroid dienone is 3. The molecule has 0 atom stereocenters. The number of benzene rings is 1. The molecule has 1 saturated heterocycles. The van der Waals surface area contributed by atoms with Crippen molar-refractivity contribution in [2.24, 2.45) is 5.92 Å². The highest BCUT2D eigenvalue weighted by atomic mass is 15.1. The van der Waals surface area contributed by atoms with Crippen LogP contribution in [-0.2, 0) is 0 Å². The third-order valence-electron chi connectivity index (χ3n) is 4.45. The van der Waals surface area contributed by atoms with Crippen molar-refractivity contribution in [3.8, 4) is 0 Å². The van der Waals surface area contributed by atoms with Gasteiger partial charge in [0, 0.05) is 31.0 Å². The van der Waals surface area contributed by atoms with Crippen LogP contribution in [0, 0.1) is 12.8 Å². The minimum Gasteiger partial charge on any atom is -0.385 e. The number of piperidine rings is 1. The highest BCUT2D eigenvalue weighted by molar-refractivity contribution is 5.44. The summed E-state index contributed by atoms with van der Waals surface area (Å²) in [6.07, 6.45) is 10.4. The quantitative estimate of drug-likeness (QED) is 0.744. The summed E-state index contributed by atoms with van der Waals surface area (Å²) >= 11 is 0. The summed E-state index contributed by atoms with van der Waals surface area (Å²) in [6, 6.07) is 8.70. The van der Waals surface area contributed by atoms with E-state index in [4.69, 9.17) is 0 Å². The van der Waals surface area contributed by atoms with Crippen LogP contribution in [0.5, 0.6) is 0 Å². The molecule has 0 spiro atoms. The molecular formula is C20H30N2. The average molecular weight is 298 g/mol. The molecule has 0 bridgehead atoms. The maximum Gasteiger partial charge on any atom is 0.0340 e. The third-order valence-corrected chi connectivity index (χ3v) is 4.45. The number of nitrogens with one attached hydrogen (secondary N) is 1. The molecule has 120 valence electrons. The SMILES string of the molecule is C/C=C(\C=C/CC)N1CCC(CNc2ccc(C)cc2)CC1. The second-order valence-electron chi connectivity index (χ2n) is 6.20. The summed E-state index contributed by atoms with van der Waals surface area (Å²) in [4.78, 5) is 2.52. The van der Waals surface area contributed by atoms with Crippen LogP contribution >= 0.6 is 0 Å². The molecule has 1 aliphatic rings. The van der Waals surface area contributed by atoms with E-state index in [1.165, 1.54) is 42.9 Å². The first-order valence-electron chi connectivity index (χ1n) is 8.61. The standard InChI is InChI=1S/C20H30N2/c1-4-6-7-20(5-2)22-14-12-18(13-15-22)16-21-19-10-8-17(3)9-11-19/h5-11,18,21H,4,12-16H2,1-3H3/b7-6-,20-5+. The molecule has 0 amide bonds. The first-order chi connectivity index (χ1) is 10.7. The molecule has 0 radical (unpaired) electrons. The van der Waals surface area contributed by atoms with Gasteiger partial charge in [-0.25, -0.2) is 0 Å². The first kappa shape index (κ1) is 16.7. The van der Waals surface area contributed by atoms with Gasteiger partial charge in [0.25, 0.3) is 0 Å². The van der Waals surface area contributed by atoms with E-state index < -0.39 is 0 Å². The maximum absolute atomic E-state index is 3.59. The second kappa shape index (κ2) is 8.67. The summed E-state index contributed by atoms with van der Waals surface area (Å²) in [5, 5.41) is 3.59. The number of hydrogen-bond donors (Lipinski definition) is 1. The number of nitrogens with zero attached hydrogens (tertiary/aromatic N) is 1. The molecular weight excluding hydrogens is 268 g/mol. The zero-order valence-electron chi connectivity index (χ0n) is 14.3. The molecule has 2 rings (SSSR count). The Kier molecular flexibility index (Phi) is 6.57. The van der Waals surface area contributed by atoms with Crippen molar-refractivity contribution >= 4 is 5.69 Å². The molecule has 1 aromatic carbocycles. The van der Waals surface area contributed by atoms with Crippen molar-refractivity contribution in [1.82, 2.24) is 4.90 Å². The predicted octanol–water partition coefficient (Wildman–Crippen LogP) is 4.99. The number of anilines is 1. The normalized spacial score (nSPS) is 17.2. The Morgan fingerprint density at radius 1 is 1.23 bits per heavy atom. The lowest BCUT2D eigenvalue weighted by Crippen LogP contribution is -2.34. The fraction of sp³-hybridized carbons (Fsp3) is 0.500. The first-order valence-corrected chi connectivity index (χ1v) is 8.61. The van der Waals surface area contributed by atoms with Gasteiger partial charge in [-0.15, -0.1) is 0 Å². The van der Waals surface area contributed by atoms with Gasteiger partial charge in [-0.3, -0.25) is 0 Å². The zero-order chi connectivity index (χ0) is 15.8. The Hall–Kier alpha value is -1.70. The molecule has 0 saturated carbocycles. The summed E-state index contributed by atoms with van der Waals surface area (Å²) in [7, 11) is 0. The van der Waals surface area contributed by atoms with E-state index in [-0.39, 0.29) is 0 Å². The maximum atomic E-state index is 3.59. The minimum absolute atomic E-state index is 0.783. The number of hydrogen-bond acceptors (Lipinski definition) is 2. The van der Waals surface area contributed by atoms with Gasteiger partial charge < -0.3 is 10.2 Å². The van der Waals surface area contributed by atoms with Crippen LogP contribution < -0.4 is 5.32 Å². The zero-order valence-corrected chi connectivity index (χ0v) is 14.3. The number of likely N-dealkylation sites (tertiary alicyclic amines) is 1. The van der Waals surface area contributed by atoms with E-state index in [2.05, 4.69) is 73.5 Å². The van der Waals surface area contributed by atoms with E-state index >= 15 is 0 Å². The van der Waals surface area contributed by atoms with Gasteiger partial charge in [0.1, 0.15) is 0 Å². The van der Waals surface area contributed by atoms with Crippen LogP contribution in [0.25, 0.3) is 0 Å². The Balaban J connectivity index is 1.77. The summed E-state index contributed by atoms with van der Waals surface area (Å²) in [6.45, 7) is 9.90. The molecule has 2 nitrogen and oxygen atoms in total. The van der Waals surface area contributed by atoms with Crippen molar-refractivity contribution in [2.75, 3.05) is 25.0 Å². The molecule has 0 unspecified atom stereocenters. The van der Waals surface area contributed by atoms with Gasteiger partial charge in [-0.05, 0) is 57.2 Å². The van der Waals surface area contributed by atoms with E-state index in [9.17, 15) is 0 Å². The Morgan fingerprint density at radius 3 is 2.50 bits per heavy atom. The highest BCUT2D eigenvalue weighted by Gasteiger charge is 2.19. The molecule has 2 heteroatoms. The Bertz CT molecular complexity index is 491. The molecule has 1 aromatic rings. The lowest BCUT2D eigenvalue weighted by atomic mass is 9.96. The molecule has 1 fully saturated rings. The molecule has 1 heterocycles. The fourth-order valence-electron chi connectivity index (χ4n) is 2.95. The molecule has 0 aromatic heterocycles. The van der Waals surface area contributed by atoms with Crippen LogP contribution in [0.4, 0.5) is 5.69 Å². The molecule has 22 heavy (non-hydrogen) atoms. The van der Waals surface area contributed by atoms with Gasteiger partial charge in [-0.2, -0.15) is 0 Å². The van der Waals surface area contributed by atoms with Crippen LogP contribution in [0.15, 0.2) is 48.2 Å². The Labute approximate surface area is 135 Å². The third kappa shape index (κ3) is 4.94. The minimum atomic E-state index is 0.783. The number of aryl methyl sites for hydroxylation is 1. The topological polar surface area (TPSA) is 15.3 Å². The summed E-state index contributed by atoms with van der Waals surface area (Å²) in [5.41, 5.74) is 3.94. The van der Waals surface area contributed by atoms with Crippen LogP contribution in [0.2, 0.25) is 0 Å². The summed E-state index contributed by atoms with van der Waals surface area (Å²) < 4.78 is 0. The lowest BCUT2D eigenvalue weighted by molar-refractivity contribution is 0.238. The molecule has 1 aliphatic heterocycles. The summed E-state index contributed by atoms with van der Waals surface area (Å²) in [5.74, 6) is 0.783. The van der Waals surface area contributed by atoms with Crippen molar-refractivity contribution in [2.45, 2.75) is 40.0 Å². The van der Waals surface area contributed by atoms with E-state index in [0.717, 1.165) is 18.9 Å². The van der Waals surface area contributed by atoms with Crippen molar-refractivity contribution in [3.05, 3.63) is 53.8 Å². The van der Waals surface area contributed by atoms with Crippen molar-refractivity contribution in [3.63, 3.8) is 0 Å². The monoisotopic (exact) mass is 298 g/mol. The van der Waals surface area contributed by atoms with E-state index in [1.807, 2.05) is 0 Å². The molecule has 0 aliphatic carbocycles. The smallest absolute Gasteiger partial charge is 0.0340 e. The lowest BCUT2D eigenvalue weighted by Gasteiger charge is -2.34. The van der Waals surface area contributed by atoms with Gasteiger partial charge in [-0.1, -0.05) is 36.8 Å². The van der Waals surface area contributed by atoms with Gasteiger partial charge >= 0.3 is 0 Å². The van der Waals surface area contributed by atoms with Crippen molar-refractivity contribution in [1.29, 1.82) is 0 Å². The van der Waals surface area contributed by atoms with E-state index in [1.54, 1.807) is 0 Å². The average Bonchev–Trinajstić information content (AvgIpc) is 2.56.